The molecule has 0 aliphatic rings. The number of hydrazine groups is 1. The number of aromatic nitrogens is 3. The summed E-state index contributed by atoms with van der Waals surface area (Å²) in [7, 11) is 0. The van der Waals surface area contributed by atoms with Crippen LogP contribution in [-0.4, -0.2) is 39.7 Å². The molecule has 2 heterocycles. The number of hydrogen-bond acceptors (Lipinski definition) is 8. The molecule has 2 amide bonds. The topological polar surface area (TPSA) is 119 Å². The number of nitrogens with zero attached hydrogens (tertiary/aromatic N) is 3. The molecule has 2 N–H and O–H groups in total. The summed E-state index contributed by atoms with van der Waals surface area (Å²) in [6.45, 7) is 0.218. The molecular weight excluding hydrogens is 358 g/mol. The van der Waals surface area contributed by atoms with Gasteiger partial charge in [-0.3, -0.25) is 15.2 Å². The molecule has 0 spiro atoms. The zero-order valence-electron chi connectivity index (χ0n) is 13.5. The maximum absolute atomic E-state index is 11.7. The van der Waals surface area contributed by atoms with E-state index >= 15 is 0 Å². The first-order chi connectivity index (χ1) is 12.7. The highest BCUT2D eigenvalue weighted by molar-refractivity contribution is 7.98. The fraction of sp³-hybridized carbons (Fsp3) is 0.188. The van der Waals surface area contributed by atoms with Crippen molar-refractivity contribution in [2.75, 3.05) is 12.4 Å². The van der Waals surface area contributed by atoms with Gasteiger partial charge in [-0.25, -0.2) is 14.8 Å². The second kappa shape index (κ2) is 8.81. The van der Waals surface area contributed by atoms with Crippen molar-refractivity contribution in [1.82, 2.24) is 26.1 Å². The van der Waals surface area contributed by atoms with Gasteiger partial charge in [0, 0.05) is 29.5 Å². The van der Waals surface area contributed by atoms with Gasteiger partial charge in [-0.1, -0.05) is 6.07 Å². The van der Waals surface area contributed by atoms with Crippen molar-refractivity contribution in [3.8, 4) is 0 Å². The van der Waals surface area contributed by atoms with E-state index in [9.17, 15) is 9.59 Å². The van der Waals surface area contributed by atoms with Gasteiger partial charge in [-0.2, -0.15) is 11.8 Å². The van der Waals surface area contributed by atoms with Gasteiger partial charge < -0.3 is 4.74 Å². The van der Waals surface area contributed by atoms with Gasteiger partial charge in [0.1, 0.15) is 17.6 Å². The van der Waals surface area contributed by atoms with Crippen molar-refractivity contribution in [1.29, 1.82) is 0 Å². The van der Waals surface area contributed by atoms with Crippen LogP contribution in [0.5, 0.6) is 0 Å². The number of carbonyl (C=O) groups excluding carboxylic acids is 2. The molecule has 134 valence electrons. The summed E-state index contributed by atoms with van der Waals surface area (Å²) in [5, 5.41) is 7.54. The minimum atomic E-state index is -0.719. The Hall–Kier alpha value is -3.14. The molecule has 10 heteroatoms. The fourth-order valence-corrected chi connectivity index (χ4v) is 2.78. The molecule has 1 aromatic carbocycles. The van der Waals surface area contributed by atoms with Crippen LogP contribution in [0.25, 0.3) is 11.0 Å². The minimum Gasteiger partial charge on any atom is -0.447 e. The van der Waals surface area contributed by atoms with Crippen LogP contribution in [0.1, 0.15) is 15.9 Å². The summed E-state index contributed by atoms with van der Waals surface area (Å²) < 4.78 is 9.64. The standard InChI is InChI=1S/C16H15N5O4S/c22-15(12-3-5-17-6-4-12)18-19-16(23)24-7-8-26-10-11-1-2-13-14(9-11)21-25-20-13/h1-6,9H,7-8,10H2,(H,18,22)(H,19,23). The zero-order valence-corrected chi connectivity index (χ0v) is 14.4. The largest absolute Gasteiger partial charge is 0.447 e. The lowest BCUT2D eigenvalue weighted by atomic mass is 10.2. The highest BCUT2D eigenvalue weighted by Crippen LogP contribution is 2.16. The van der Waals surface area contributed by atoms with Crippen molar-refractivity contribution in [3.63, 3.8) is 0 Å². The molecule has 0 aliphatic carbocycles. The molecule has 26 heavy (non-hydrogen) atoms. The highest BCUT2D eigenvalue weighted by atomic mass is 32.2. The molecule has 0 radical (unpaired) electrons. The SMILES string of the molecule is O=C(NNC(=O)c1ccncc1)OCCSCc1ccc2nonc2c1. The summed E-state index contributed by atoms with van der Waals surface area (Å²) in [4.78, 5) is 27.1. The van der Waals surface area contributed by atoms with Gasteiger partial charge >= 0.3 is 6.09 Å². The van der Waals surface area contributed by atoms with E-state index in [0.29, 0.717) is 22.3 Å². The summed E-state index contributed by atoms with van der Waals surface area (Å²) in [6.07, 6.45) is 2.26. The Bertz CT molecular complexity index is 886. The molecule has 3 rings (SSSR count). The van der Waals surface area contributed by atoms with Crippen LogP contribution in [0.2, 0.25) is 0 Å². The number of ether oxygens (including phenoxy) is 1. The van der Waals surface area contributed by atoms with Gasteiger partial charge in [-0.15, -0.1) is 0 Å². The van der Waals surface area contributed by atoms with Crippen molar-refractivity contribution < 1.29 is 19.0 Å². The number of hydrogen-bond donors (Lipinski definition) is 2. The second-order valence-electron chi connectivity index (χ2n) is 5.09. The average molecular weight is 373 g/mol. The van der Waals surface area contributed by atoms with Crippen LogP contribution < -0.4 is 10.9 Å². The molecule has 0 saturated carbocycles. The number of nitrogens with one attached hydrogen (secondary N) is 2. The number of pyridine rings is 1. The Labute approximate surface area is 152 Å². The Balaban J connectivity index is 1.30. The fourth-order valence-electron chi connectivity index (χ4n) is 2.02. The van der Waals surface area contributed by atoms with Gasteiger partial charge in [0.15, 0.2) is 0 Å². The van der Waals surface area contributed by atoms with Crippen LogP contribution >= 0.6 is 11.8 Å². The van der Waals surface area contributed by atoms with Crippen LogP contribution in [0.4, 0.5) is 4.79 Å². The third-order valence-corrected chi connectivity index (χ3v) is 4.26. The molecule has 0 unspecified atom stereocenters. The molecule has 0 saturated heterocycles. The molecule has 3 aromatic rings. The molecular formula is C16H15N5O4S. The quantitative estimate of drug-likeness (QED) is 0.497. The van der Waals surface area contributed by atoms with E-state index in [1.54, 1.807) is 11.8 Å². The second-order valence-corrected chi connectivity index (χ2v) is 6.20. The van der Waals surface area contributed by atoms with Gasteiger partial charge in [0.25, 0.3) is 5.91 Å². The molecule has 0 fully saturated rings. The van der Waals surface area contributed by atoms with Crippen molar-refractivity contribution >= 4 is 34.8 Å². The zero-order chi connectivity index (χ0) is 18.2. The van der Waals surface area contributed by atoms with E-state index < -0.39 is 12.0 Å². The predicted octanol–water partition coefficient (Wildman–Crippen LogP) is 1.92. The Morgan fingerprint density at radius 1 is 1.08 bits per heavy atom. The number of thioether (sulfide) groups is 1. The molecule has 2 aromatic heterocycles. The van der Waals surface area contributed by atoms with Crippen LogP contribution in [0.15, 0.2) is 47.4 Å². The first kappa shape index (κ1) is 17.7. The maximum Gasteiger partial charge on any atom is 0.426 e. The predicted molar refractivity (Wildman–Crippen MR) is 94.2 cm³/mol. The maximum atomic E-state index is 11.7. The summed E-state index contributed by atoms with van der Waals surface area (Å²) in [6, 6.07) is 8.76. The third-order valence-electron chi connectivity index (χ3n) is 3.27. The average Bonchev–Trinajstić information content (AvgIpc) is 3.14. The first-order valence-electron chi connectivity index (χ1n) is 7.64. The van der Waals surface area contributed by atoms with Crippen molar-refractivity contribution in [2.24, 2.45) is 0 Å². The lowest BCUT2D eigenvalue weighted by Gasteiger charge is -2.08. The Kier molecular flexibility index (Phi) is 5.99. The lowest BCUT2D eigenvalue weighted by molar-refractivity contribution is 0.0913. The van der Waals surface area contributed by atoms with Crippen molar-refractivity contribution in [2.45, 2.75) is 5.75 Å². The number of fused-ring (bicyclic) bond motifs is 1. The van der Waals surface area contributed by atoms with E-state index in [0.717, 1.165) is 11.3 Å². The van der Waals surface area contributed by atoms with E-state index in [2.05, 4.69) is 30.8 Å². The number of amides is 2. The summed E-state index contributed by atoms with van der Waals surface area (Å²) >= 11 is 1.60. The van der Waals surface area contributed by atoms with Gasteiger partial charge in [0.2, 0.25) is 0 Å². The van der Waals surface area contributed by atoms with E-state index in [-0.39, 0.29) is 6.61 Å². The number of benzene rings is 1. The summed E-state index contributed by atoms with van der Waals surface area (Å²) in [5.41, 5.74) is 7.34. The lowest BCUT2D eigenvalue weighted by Crippen LogP contribution is -2.42. The smallest absolute Gasteiger partial charge is 0.426 e. The van der Waals surface area contributed by atoms with E-state index in [1.807, 2.05) is 18.2 Å². The van der Waals surface area contributed by atoms with Crippen molar-refractivity contribution in [3.05, 3.63) is 53.9 Å². The Morgan fingerprint density at radius 3 is 2.73 bits per heavy atom. The molecule has 9 nitrogen and oxygen atoms in total. The van der Waals surface area contributed by atoms with E-state index in [4.69, 9.17) is 4.74 Å². The number of rotatable bonds is 6. The van der Waals surface area contributed by atoms with E-state index in [1.165, 1.54) is 24.5 Å². The minimum absolute atomic E-state index is 0.218. The number of carbonyl (C=O) groups is 2. The third kappa shape index (κ3) is 4.93. The first-order valence-corrected chi connectivity index (χ1v) is 8.80. The molecule has 0 bridgehead atoms. The Morgan fingerprint density at radius 2 is 1.88 bits per heavy atom. The molecule has 0 atom stereocenters. The normalized spacial score (nSPS) is 10.5. The van der Waals surface area contributed by atoms with Crippen LogP contribution in [0.3, 0.4) is 0 Å². The molecule has 0 aliphatic heterocycles. The highest BCUT2D eigenvalue weighted by Gasteiger charge is 2.07. The monoisotopic (exact) mass is 373 g/mol. The summed E-state index contributed by atoms with van der Waals surface area (Å²) in [5.74, 6) is 0.907. The van der Waals surface area contributed by atoms with Gasteiger partial charge in [-0.05, 0) is 40.1 Å². The van der Waals surface area contributed by atoms with Crippen LogP contribution in [-0.2, 0) is 10.5 Å². The van der Waals surface area contributed by atoms with Crippen LogP contribution in [0, 0.1) is 0 Å². The van der Waals surface area contributed by atoms with Gasteiger partial charge in [0.05, 0.1) is 0 Å².